The summed E-state index contributed by atoms with van der Waals surface area (Å²) in [7, 11) is -3.57. The van der Waals surface area contributed by atoms with Crippen molar-refractivity contribution in [3.63, 3.8) is 0 Å². The Bertz CT molecular complexity index is 777. The van der Waals surface area contributed by atoms with Crippen molar-refractivity contribution in [1.29, 1.82) is 0 Å². The monoisotopic (exact) mass is 431 g/mol. The fourth-order valence-corrected chi connectivity index (χ4v) is 5.23. The fraction of sp³-hybridized carbons (Fsp3) is 0.650. The number of nitrogens with two attached hydrogens (primary N) is 1. The number of carbonyl (C=O) groups is 1. The quantitative estimate of drug-likeness (QED) is 0.693. The standard InChI is InChI=1S/C20H33N3O3S.ClH/c1-15(2)13-20(4,14-21)22-19(24)18-12-17(9-8-16(18)3)27(25,26)23-10-6-5-7-11-23;/h8-9,12,15H,5-7,10-11,13-14,21H2,1-4H3,(H,22,24);1H. The Morgan fingerprint density at radius 2 is 1.86 bits per heavy atom. The lowest BCUT2D eigenvalue weighted by Gasteiger charge is -2.31. The number of nitrogens with one attached hydrogen (secondary N) is 1. The number of hydrogen-bond acceptors (Lipinski definition) is 4. The third-order valence-electron chi connectivity index (χ3n) is 5.13. The van der Waals surface area contributed by atoms with Gasteiger partial charge in [-0.15, -0.1) is 12.4 Å². The lowest BCUT2D eigenvalue weighted by Crippen LogP contribution is -2.52. The predicted molar refractivity (Wildman–Crippen MR) is 115 cm³/mol. The summed E-state index contributed by atoms with van der Waals surface area (Å²) in [5.41, 5.74) is 6.50. The third-order valence-corrected chi connectivity index (χ3v) is 7.03. The maximum atomic E-state index is 12.9. The van der Waals surface area contributed by atoms with Crippen LogP contribution >= 0.6 is 12.4 Å². The largest absolute Gasteiger partial charge is 0.346 e. The van der Waals surface area contributed by atoms with E-state index >= 15 is 0 Å². The Labute approximate surface area is 175 Å². The first kappa shape index (κ1) is 24.9. The Kier molecular flexibility index (Phi) is 8.93. The van der Waals surface area contributed by atoms with E-state index < -0.39 is 15.6 Å². The Morgan fingerprint density at radius 1 is 1.25 bits per heavy atom. The van der Waals surface area contributed by atoms with Crippen LogP contribution in [0.5, 0.6) is 0 Å². The molecule has 160 valence electrons. The summed E-state index contributed by atoms with van der Waals surface area (Å²) in [5.74, 6) is 0.0996. The highest BCUT2D eigenvalue weighted by Gasteiger charge is 2.29. The predicted octanol–water partition coefficient (Wildman–Crippen LogP) is 3.08. The molecule has 0 saturated carbocycles. The van der Waals surface area contributed by atoms with Gasteiger partial charge in [-0.1, -0.05) is 26.3 Å². The summed E-state index contributed by atoms with van der Waals surface area (Å²) in [6, 6.07) is 4.79. The van der Waals surface area contributed by atoms with E-state index in [1.54, 1.807) is 12.1 Å². The molecule has 1 amide bonds. The number of benzene rings is 1. The van der Waals surface area contributed by atoms with E-state index in [0.29, 0.717) is 31.1 Å². The minimum absolute atomic E-state index is 0. The lowest BCUT2D eigenvalue weighted by atomic mass is 9.90. The number of piperidine rings is 1. The zero-order valence-corrected chi connectivity index (χ0v) is 19.0. The second-order valence-corrected chi connectivity index (χ2v) is 10.2. The van der Waals surface area contributed by atoms with Crippen LogP contribution in [0.1, 0.15) is 62.4 Å². The lowest BCUT2D eigenvalue weighted by molar-refractivity contribution is 0.0897. The van der Waals surface area contributed by atoms with Gasteiger partial charge in [-0.05, 0) is 56.7 Å². The van der Waals surface area contributed by atoms with Crippen molar-refractivity contribution in [2.24, 2.45) is 11.7 Å². The molecule has 1 aromatic rings. The van der Waals surface area contributed by atoms with E-state index in [9.17, 15) is 13.2 Å². The smallest absolute Gasteiger partial charge is 0.252 e. The molecule has 1 atom stereocenters. The summed E-state index contributed by atoms with van der Waals surface area (Å²) in [5, 5.41) is 3.02. The van der Waals surface area contributed by atoms with Crippen molar-refractivity contribution < 1.29 is 13.2 Å². The average molecular weight is 432 g/mol. The minimum Gasteiger partial charge on any atom is -0.346 e. The van der Waals surface area contributed by atoms with Crippen LogP contribution in [0.25, 0.3) is 0 Å². The van der Waals surface area contributed by atoms with Crippen molar-refractivity contribution in [3.05, 3.63) is 29.3 Å². The van der Waals surface area contributed by atoms with Crippen molar-refractivity contribution in [1.82, 2.24) is 9.62 Å². The van der Waals surface area contributed by atoms with Crippen LogP contribution < -0.4 is 11.1 Å². The number of sulfonamides is 1. The van der Waals surface area contributed by atoms with Crippen LogP contribution in [0, 0.1) is 12.8 Å². The Balaban J connectivity index is 0.00000392. The molecule has 1 heterocycles. The summed E-state index contributed by atoms with van der Waals surface area (Å²) in [6.45, 7) is 9.30. The summed E-state index contributed by atoms with van der Waals surface area (Å²) in [6.07, 6.45) is 3.56. The van der Waals surface area contributed by atoms with Crippen LogP contribution in [0.4, 0.5) is 0 Å². The van der Waals surface area contributed by atoms with Crippen molar-refractivity contribution in [3.8, 4) is 0 Å². The van der Waals surface area contributed by atoms with Gasteiger partial charge in [0, 0.05) is 30.7 Å². The van der Waals surface area contributed by atoms with E-state index in [-0.39, 0.29) is 23.2 Å². The molecule has 0 spiro atoms. The summed E-state index contributed by atoms with van der Waals surface area (Å²) >= 11 is 0. The zero-order chi connectivity index (χ0) is 20.2. The van der Waals surface area contributed by atoms with Gasteiger partial charge >= 0.3 is 0 Å². The molecule has 2 rings (SSSR count). The van der Waals surface area contributed by atoms with Gasteiger partial charge in [-0.2, -0.15) is 4.31 Å². The number of aryl methyl sites for hydroxylation is 1. The molecule has 0 radical (unpaired) electrons. The van der Waals surface area contributed by atoms with Gasteiger partial charge < -0.3 is 11.1 Å². The molecule has 6 nitrogen and oxygen atoms in total. The Morgan fingerprint density at radius 3 is 2.39 bits per heavy atom. The van der Waals surface area contributed by atoms with Crippen LogP contribution in [-0.2, 0) is 10.0 Å². The second kappa shape index (κ2) is 10.1. The van der Waals surface area contributed by atoms with E-state index in [0.717, 1.165) is 31.2 Å². The SMILES string of the molecule is Cc1ccc(S(=O)(=O)N2CCCCC2)cc1C(=O)NC(C)(CN)CC(C)C.Cl. The minimum atomic E-state index is -3.57. The number of halogens is 1. The first-order valence-corrected chi connectivity index (χ1v) is 11.2. The van der Waals surface area contributed by atoms with Gasteiger partial charge in [-0.3, -0.25) is 4.79 Å². The second-order valence-electron chi connectivity index (χ2n) is 8.26. The molecule has 0 aromatic heterocycles. The van der Waals surface area contributed by atoms with E-state index in [1.807, 2.05) is 13.8 Å². The molecule has 28 heavy (non-hydrogen) atoms. The molecule has 0 aliphatic carbocycles. The molecule has 1 unspecified atom stereocenters. The number of carbonyl (C=O) groups excluding carboxylic acids is 1. The molecule has 0 bridgehead atoms. The van der Waals surface area contributed by atoms with E-state index in [1.165, 1.54) is 10.4 Å². The average Bonchev–Trinajstić information content (AvgIpc) is 2.61. The van der Waals surface area contributed by atoms with Gasteiger partial charge in [0.1, 0.15) is 0 Å². The molecule has 1 fully saturated rings. The number of rotatable bonds is 7. The van der Waals surface area contributed by atoms with Gasteiger partial charge in [0.25, 0.3) is 5.91 Å². The number of hydrogen-bond donors (Lipinski definition) is 2. The molecular formula is C20H34ClN3O3S. The first-order valence-electron chi connectivity index (χ1n) is 9.72. The van der Waals surface area contributed by atoms with Gasteiger partial charge in [-0.25, -0.2) is 8.42 Å². The van der Waals surface area contributed by atoms with Gasteiger partial charge in [0.2, 0.25) is 10.0 Å². The van der Waals surface area contributed by atoms with Crippen molar-refractivity contribution >= 4 is 28.3 Å². The van der Waals surface area contributed by atoms with Crippen LogP contribution in [0.2, 0.25) is 0 Å². The first-order chi connectivity index (χ1) is 12.6. The topological polar surface area (TPSA) is 92.5 Å². The number of amides is 1. The summed E-state index contributed by atoms with van der Waals surface area (Å²) < 4.78 is 27.4. The van der Waals surface area contributed by atoms with Crippen molar-refractivity contribution in [2.45, 2.75) is 63.8 Å². The highest BCUT2D eigenvalue weighted by molar-refractivity contribution is 7.89. The van der Waals surface area contributed by atoms with Gasteiger partial charge in [0.15, 0.2) is 0 Å². The molecule has 1 aliphatic rings. The highest BCUT2D eigenvalue weighted by atomic mass is 35.5. The summed E-state index contributed by atoms with van der Waals surface area (Å²) in [4.78, 5) is 13.1. The Hall–Kier alpha value is -1.15. The van der Waals surface area contributed by atoms with Crippen LogP contribution in [-0.4, -0.2) is 43.8 Å². The van der Waals surface area contributed by atoms with Crippen molar-refractivity contribution in [2.75, 3.05) is 19.6 Å². The van der Waals surface area contributed by atoms with Crippen LogP contribution in [0.3, 0.4) is 0 Å². The molecule has 1 aliphatic heterocycles. The fourth-order valence-electron chi connectivity index (χ4n) is 3.69. The maximum absolute atomic E-state index is 12.9. The maximum Gasteiger partial charge on any atom is 0.252 e. The highest BCUT2D eigenvalue weighted by Crippen LogP contribution is 2.24. The molecule has 1 aromatic carbocycles. The van der Waals surface area contributed by atoms with E-state index in [4.69, 9.17) is 5.73 Å². The van der Waals surface area contributed by atoms with Crippen LogP contribution in [0.15, 0.2) is 23.1 Å². The molecular weight excluding hydrogens is 398 g/mol. The third kappa shape index (κ3) is 5.92. The molecule has 1 saturated heterocycles. The number of nitrogens with zero attached hydrogens (tertiary/aromatic N) is 1. The van der Waals surface area contributed by atoms with Gasteiger partial charge in [0.05, 0.1) is 4.90 Å². The molecule has 8 heteroatoms. The molecule has 3 N–H and O–H groups in total. The normalized spacial score (nSPS) is 17.6. The zero-order valence-electron chi connectivity index (χ0n) is 17.3. The van der Waals surface area contributed by atoms with E-state index in [2.05, 4.69) is 19.2 Å².